The fraction of sp³-hybridized carbons (Fsp3) is 0.189. The number of anilines is 2. The molecule has 0 spiro atoms. The quantitative estimate of drug-likeness (QED) is 0.169. The number of benzene rings is 4. The third kappa shape index (κ3) is 6.89. The number of fused-ring (bicyclic) bond motifs is 2. The van der Waals surface area contributed by atoms with Gasteiger partial charge in [-0.15, -0.1) is 0 Å². The molecule has 4 aromatic carbocycles. The molecule has 0 unspecified atom stereocenters. The van der Waals surface area contributed by atoms with Crippen LogP contribution in [-0.4, -0.2) is 31.3 Å². The molecular formula is C37H30F6N2O5. The van der Waals surface area contributed by atoms with Crippen LogP contribution in [0.5, 0.6) is 0 Å². The molecule has 0 atom stereocenters. The van der Waals surface area contributed by atoms with E-state index in [2.05, 4.69) is 4.74 Å². The van der Waals surface area contributed by atoms with E-state index in [1.807, 2.05) is 24.3 Å². The average molecular weight is 697 g/mol. The van der Waals surface area contributed by atoms with Gasteiger partial charge in [0.2, 0.25) is 0 Å². The van der Waals surface area contributed by atoms with Crippen molar-refractivity contribution in [3.63, 3.8) is 0 Å². The number of carbonyl (C=O) groups excluding carboxylic acids is 2. The number of allylic oxidation sites excluding steroid dienone is 1. The van der Waals surface area contributed by atoms with Crippen molar-refractivity contribution in [3.8, 4) is 0 Å². The highest BCUT2D eigenvalue weighted by Gasteiger charge is 2.40. The van der Waals surface area contributed by atoms with Crippen LogP contribution in [0, 0.1) is 0 Å². The van der Waals surface area contributed by atoms with Crippen LogP contribution in [0.1, 0.15) is 40.3 Å². The van der Waals surface area contributed by atoms with E-state index in [4.69, 9.17) is 4.74 Å². The molecule has 0 radical (unpaired) electrons. The van der Waals surface area contributed by atoms with Crippen molar-refractivity contribution >= 4 is 34.6 Å². The highest BCUT2D eigenvalue weighted by molar-refractivity contribution is 6.03. The Morgan fingerprint density at radius 2 is 0.980 bits per heavy atom. The van der Waals surface area contributed by atoms with Crippen LogP contribution >= 0.6 is 0 Å². The van der Waals surface area contributed by atoms with E-state index >= 15 is 0 Å². The van der Waals surface area contributed by atoms with Gasteiger partial charge in [-0.1, -0.05) is 72.8 Å². The average Bonchev–Trinajstić information content (AvgIpc) is 3.10. The number of ether oxygens (including phenoxy) is 2. The van der Waals surface area contributed by atoms with Crippen LogP contribution < -0.4 is 9.80 Å². The summed E-state index contributed by atoms with van der Waals surface area (Å²) in [6.07, 6.45) is -9.13. The third-order valence-electron chi connectivity index (χ3n) is 8.23. The number of carbonyl (C=O) groups is 2. The van der Waals surface area contributed by atoms with E-state index in [0.717, 1.165) is 35.3 Å². The number of hydrogen-bond acceptors (Lipinski definition) is 7. The van der Waals surface area contributed by atoms with Gasteiger partial charge in [-0.25, -0.2) is 9.59 Å². The molecule has 0 aliphatic carbocycles. The Kier molecular flexibility index (Phi) is 9.98. The van der Waals surface area contributed by atoms with Gasteiger partial charge in [0.05, 0.1) is 36.7 Å². The van der Waals surface area contributed by atoms with Gasteiger partial charge in [0.1, 0.15) is 5.70 Å². The number of esters is 2. The van der Waals surface area contributed by atoms with E-state index in [9.17, 15) is 41.0 Å². The lowest BCUT2D eigenvalue weighted by Crippen LogP contribution is -2.34. The second-order valence-corrected chi connectivity index (χ2v) is 11.2. The Labute approximate surface area is 283 Å². The third-order valence-corrected chi connectivity index (χ3v) is 8.23. The summed E-state index contributed by atoms with van der Waals surface area (Å²) in [5.41, 5.74) is 1.09. The number of rotatable bonds is 4. The molecule has 2 heterocycles. The van der Waals surface area contributed by atoms with E-state index in [-0.39, 0.29) is 35.9 Å². The SMILES string of the molecule is COC(=O)C1=C(C)c2ccccc2CN1c1ccccc1C(F)(F)F.COC(=O)C1=C(O)c2ccccc2CN1c1ccccc1C(F)(F)F. The fourth-order valence-corrected chi connectivity index (χ4v) is 5.97. The van der Waals surface area contributed by atoms with Gasteiger partial charge in [-0.2, -0.15) is 26.3 Å². The van der Waals surface area contributed by atoms with Gasteiger partial charge < -0.3 is 24.4 Å². The lowest BCUT2D eigenvalue weighted by Gasteiger charge is -2.34. The zero-order chi connectivity index (χ0) is 36.4. The second-order valence-electron chi connectivity index (χ2n) is 11.2. The summed E-state index contributed by atoms with van der Waals surface area (Å²) >= 11 is 0. The minimum atomic E-state index is -4.61. The largest absolute Gasteiger partial charge is 0.505 e. The second kappa shape index (κ2) is 14.0. The van der Waals surface area contributed by atoms with Gasteiger partial charge >= 0.3 is 24.3 Å². The molecule has 13 heteroatoms. The number of aliphatic hydroxyl groups is 1. The first-order valence-electron chi connectivity index (χ1n) is 15.0. The van der Waals surface area contributed by atoms with Crippen LogP contribution in [0.4, 0.5) is 37.7 Å². The molecule has 0 fully saturated rings. The van der Waals surface area contributed by atoms with E-state index in [1.54, 1.807) is 31.2 Å². The molecule has 0 amide bonds. The summed E-state index contributed by atoms with van der Waals surface area (Å²) in [6, 6.07) is 24.1. The Balaban J connectivity index is 0.000000194. The monoisotopic (exact) mass is 696 g/mol. The van der Waals surface area contributed by atoms with Gasteiger partial charge in [-0.05, 0) is 53.5 Å². The smallest absolute Gasteiger partial charge is 0.418 e. The van der Waals surface area contributed by atoms with Crippen molar-refractivity contribution in [1.29, 1.82) is 0 Å². The Hall–Kier alpha value is -5.72. The van der Waals surface area contributed by atoms with Crippen LogP contribution in [0.2, 0.25) is 0 Å². The Bertz CT molecular complexity index is 1860. The summed E-state index contributed by atoms with van der Waals surface area (Å²) in [5, 5.41) is 10.5. The summed E-state index contributed by atoms with van der Waals surface area (Å²) in [4.78, 5) is 27.0. The highest BCUT2D eigenvalue weighted by Crippen LogP contribution is 2.43. The predicted octanol–water partition coefficient (Wildman–Crippen LogP) is 8.75. The fourth-order valence-electron chi connectivity index (χ4n) is 5.97. The van der Waals surface area contributed by atoms with Crippen molar-refractivity contribution in [2.75, 3.05) is 24.0 Å². The van der Waals surface area contributed by atoms with E-state index in [0.29, 0.717) is 16.7 Å². The molecule has 1 N–H and O–H groups in total. The molecule has 0 bridgehead atoms. The number of nitrogens with zero attached hydrogens (tertiary/aromatic N) is 2. The topological polar surface area (TPSA) is 79.3 Å². The maximum absolute atomic E-state index is 13.4. The number of para-hydroxylation sites is 2. The van der Waals surface area contributed by atoms with E-state index in [1.165, 1.54) is 48.4 Å². The number of hydrogen-bond donors (Lipinski definition) is 1. The standard InChI is InChI=1S/C19H16F3NO2.C18H14F3NO3/c1-12-14-8-4-3-7-13(14)11-23(17(12)18(24)25-2)16-10-6-5-9-15(16)19(20,21)22;1-25-17(24)15-16(23)12-7-3-2-6-11(12)10-22(15)14-9-5-4-8-13(14)18(19,20)21/h3-10H,11H2,1-2H3;2-9,23H,10H2,1H3. The van der Waals surface area contributed by atoms with Crippen LogP contribution in [0.3, 0.4) is 0 Å². The molecule has 260 valence electrons. The summed E-state index contributed by atoms with van der Waals surface area (Å²) in [5.74, 6) is -1.99. The molecule has 0 saturated heterocycles. The predicted molar refractivity (Wildman–Crippen MR) is 174 cm³/mol. The first-order chi connectivity index (χ1) is 23.7. The first kappa shape index (κ1) is 35.6. The van der Waals surface area contributed by atoms with Crippen molar-refractivity contribution < 1.29 is 50.5 Å². The van der Waals surface area contributed by atoms with Crippen molar-refractivity contribution in [2.45, 2.75) is 32.4 Å². The zero-order valence-electron chi connectivity index (χ0n) is 26.9. The van der Waals surface area contributed by atoms with Crippen molar-refractivity contribution in [2.24, 2.45) is 0 Å². The summed E-state index contributed by atoms with van der Waals surface area (Å²) < 4.78 is 90.0. The molecular weight excluding hydrogens is 666 g/mol. The number of aliphatic hydroxyl groups excluding tert-OH is 1. The van der Waals surface area contributed by atoms with Gasteiger partial charge in [0.25, 0.3) is 0 Å². The van der Waals surface area contributed by atoms with Crippen LogP contribution in [0.15, 0.2) is 108 Å². The maximum atomic E-state index is 13.4. The molecule has 2 aliphatic heterocycles. The van der Waals surface area contributed by atoms with Crippen LogP contribution in [0.25, 0.3) is 11.3 Å². The van der Waals surface area contributed by atoms with Crippen molar-refractivity contribution in [1.82, 2.24) is 0 Å². The number of alkyl halides is 6. The minimum absolute atomic E-state index is 0.00222. The molecule has 0 aromatic heterocycles. The Morgan fingerprint density at radius 3 is 1.46 bits per heavy atom. The van der Waals surface area contributed by atoms with E-state index < -0.39 is 41.2 Å². The highest BCUT2D eigenvalue weighted by atomic mass is 19.4. The number of halogens is 6. The Morgan fingerprint density at radius 1 is 0.600 bits per heavy atom. The minimum Gasteiger partial charge on any atom is -0.505 e. The zero-order valence-corrected chi connectivity index (χ0v) is 26.9. The molecule has 2 aliphatic rings. The maximum Gasteiger partial charge on any atom is 0.418 e. The van der Waals surface area contributed by atoms with Gasteiger partial charge in [-0.3, -0.25) is 0 Å². The normalized spacial score (nSPS) is 14.3. The number of methoxy groups -OCH3 is 2. The lowest BCUT2D eigenvalue weighted by molar-refractivity contribution is -0.138. The molecule has 0 saturated carbocycles. The van der Waals surface area contributed by atoms with Gasteiger partial charge in [0.15, 0.2) is 11.5 Å². The molecule has 4 aromatic rings. The first-order valence-corrected chi connectivity index (χ1v) is 15.0. The molecule has 7 nitrogen and oxygen atoms in total. The van der Waals surface area contributed by atoms with Crippen molar-refractivity contribution in [3.05, 3.63) is 142 Å². The van der Waals surface area contributed by atoms with Crippen LogP contribution in [-0.2, 0) is 44.5 Å². The molecule has 6 rings (SSSR count). The summed E-state index contributed by atoms with van der Waals surface area (Å²) in [7, 11) is 2.33. The lowest BCUT2D eigenvalue weighted by atomic mass is 9.93. The molecule has 50 heavy (non-hydrogen) atoms. The summed E-state index contributed by atoms with van der Waals surface area (Å²) in [6.45, 7) is 1.87. The van der Waals surface area contributed by atoms with Gasteiger partial charge in [0, 0.05) is 18.7 Å².